The van der Waals surface area contributed by atoms with Gasteiger partial charge in [-0.2, -0.15) is 4.31 Å². The molecule has 2 aromatic rings. The van der Waals surface area contributed by atoms with Crippen LogP contribution in [0.3, 0.4) is 0 Å². The van der Waals surface area contributed by atoms with Crippen molar-refractivity contribution < 1.29 is 17.9 Å². The first-order valence-electron chi connectivity index (χ1n) is 9.05. The smallest absolute Gasteiger partial charge is 0.243 e. The largest absolute Gasteiger partial charge is 0.486 e. The zero-order chi connectivity index (χ0) is 19.6. The summed E-state index contributed by atoms with van der Waals surface area (Å²) in [5.41, 5.74) is 0.814. The molecule has 0 spiro atoms. The van der Waals surface area contributed by atoms with E-state index in [1.165, 1.54) is 4.31 Å². The molecule has 4 rings (SSSR count). The Labute approximate surface area is 169 Å². The fourth-order valence-corrected chi connectivity index (χ4v) is 4.94. The molecule has 1 N–H and O–H groups in total. The highest BCUT2D eigenvalue weighted by Gasteiger charge is 2.29. The van der Waals surface area contributed by atoms with E-state index in [9.17, 15) is 8.42 Å². The number of hydrogen-bond acceptors (Lipinski definition) is 5. The molecule has 0 saturated carbocycles. The molecule has 9 heteroatoms. The molecule has 1 fully saturated rings. The molecule has 0 radical (unpaired) electrons. The standard InChI is InChI=1S/C19H21N3O4S2/c23-28(24,16-4-2-1-3-5-16)22-10-8-21(9-11-22)19(27)20-15-6-7-17-18(14-15)26-13-12-25-17/h1-7,14H,8-13H2,(H,20,27). The van der Waals surface area contributed by atoms with Crippen LogP contribution < -0.4 is 14.8 Å². The van der Waals surface area contributed by atoms with Gasteiger partial charge in [0.15, 0.2) is 16.6 Å². The minimum absolute atomic E-state index is 0.320. The van der Waals surface area contributed by atoms with Crippen LogP contribution in [-0.4, -0.2) is 62.1 Å². The summed E-state index contributed by atoms with van der Waals surface area (Å²) in [6.07, 6.45) is 0. The Morgan fingerprint density at radius 2 is 1.61 bits per heavy atom. The molecule has 0 aromatic heterocycles. The highest BCUT2D eigenvalue weighted by atomic mass is 32.2. The molecule has 2 aliphatic rings. The summed E-state index contributed by atoms with van der Waals surface area (Å²) >= 11 is 5.51. The van der Waals surface area contributed by atoms with Gasteiger partial charge in [-0.05, 0) is 36.5 Å². The van der Waals surface area contributed by atoms with Crippen LogP contribution in [0.2, 0.25) is 0 Å². The van der Waals surface area contributed by atoms with Crippen LogP contribution in [0.1, 0.15) is 0 Å². The number of hydrogen-bond donors (Lipinski definition) is 1. The van der Waals surface area contributed by atoms with Crippen molar-refractivity contribution >= 4 is 33.0 Å². The van der Waals surface area contributed by atoms with Gasteiger partial charge in [0.1, 0.15) is 13.2 Å². The van der Waals surface area contributed by atoms with Crippen molar-refractivity contribution in [2.24, 2.45) is 0 Å². The summed E-state index contributed by atoms with van der Waals surface area (Å²) in [6, 6.07) is 14.1. The zero-order valence-corrected chi connectivity index (χ0v) is 16.8. The molecular formula is C19H21N3O4S2. The van der Waals surface area contributed by atoms with Crippen molar-refractivity contribution in [2.45, 2.75) is 4.90 Å². The summed E-state index contributed by atoms with van der Waals surface area (Å²) in [4.78, 5) is 2.30. The van der Waals surface area contributed by atoms with E-state index in [1.807, 2.05) is 23.1 Å². The SMILES string of the molecule is O=S(=O)(c1ccccc1)N1CCN(C(=S)Nc2ccc3c(c2)OCCO3)CC1. The third-order valence-corrected chi connectivity index (χ3v) is 6.97. The van der Waals surface area contributed by atoms with E-state index in [0.29, 0.717) is 55.2 Å². The molecule has 2 aliphatic heterocycles. The number of rotatable bonds is 3. The second-order valence-corrected chi connectivity index (χ2v) is 8.82. The predicted octanol–water partition coefficient (Wildman–Crippen LogP) is 2.16. The first-order valence-corrected chi connectivity index (χ1v) is 10.9. The highest BCUT2D eigenvalue weighted by molar-refractivity contribution is 7.89. The fraction of sp³-hybridized carbons (Fsp3) is 0.316. The average molecular weight is 420 g/mol. The summed E-state index contributed by atoms with van der Waals surface area (Å²) in [5.74, 6) is 1.42. The number of fused-ring (bicyclic) bond motifs is 1. The van der Waals surface area contributed by atoms with Gasteiger partial charge in [-0.15, -0.1) is 0 Å². The van der Waals surface area contributed by atoms with Gasteiger partial charge in [0, 0.05) is 37.9 Å². The van der Waals surface area contributed by atoms with Gasteiger partial charge in [-0.3, -0.25) is 0 Å². The van der Waals surface area contributed by atoms with Gasteiger partial charge in [0.25, 0.3) is 0 Å². The molecule has 0 aliphatic carbocycles. The Kier molecular flexibility index (Phi) is 5.38. The first kappa shape index (κ1) is 19.0. The molecule has 1 saturated heterocycles. The number of ether oxygens (including phenoxy) is 2. The molecule has 28 heavy (non-hydrogen) atoms. The normalized spacial score (nSPS) is 17.2. The van der Waals surface area contributed by atoms with Gasteiger partial charge in [-0.25, -0.2) is 8.42 Å². The van der Waals surface area contributed by atoms with Crippen molar-refractivity contribution in [2.75, 3.05) is 44.7 Å². The van der Waals surface area contributed by atoms with Crippen molar-refractivity contribution in [1.29, 1.82) is 0 Å². The molecule has 0 unspecified atom stereocenters. The number of thiocarbonyl (C=S) groups is 1. The maximum atomic E-state index is 12.7. The highest BCUT2D eigenvalue weighted by Crippen LogP contribution is 2.32. The lowest BCUT2D eigenvalue weighted by Gasteiger charge is -2.35. The molecule has 148 valence electrons. The maximum Gasteiger partial charge on any atom is 0.243 e. The maximum absolute atomic E-state index is 12.7. The van der Waals surface area contributed by atoms with Gasteiger partial charge in [0.05, 0.1) is 4.90 Å². The number of benzene rings is 2. The predicted molar refractivity (Wildman–Crippen MR) is 110 cm³/mol. The number of piperazine rings is 1. The van der Waals surface area contributed by atoms with Gasteiger partial charge in [0.2, 0.25) is 10.0 Å². The van der Waals surface area contributed by atoms with E-state index < -0.39 is 10.0 Å². The van der Waals surface area contributed by atoms with Crippen LogP contribution in [0.5, 0.6) is 11.5 Å². The Balaban J connectivity index is 1.37. The van der Waals surface area contributed by atoms with Crippen LogP contribution in [0.25, 0.3) is 0 Å². The van der Waals surface area contributed by atoms with Crippen molar-refractivity contribution in [1.82, 2.24) is 9.21 Å². The van der Waals surface area contributed by atoms with Crippen LogP contribution in [0.15, 0.2) is 53.4 Å². The minimum atomic E-state index is -3.47. The lowest BCUT2D eigenvalue weighted by Crippen LogP contribution is -2.51. The second kappa shape index (κ2) is 7.94. The lowest BCUT2D eigenvalue weighted by atomic mass is 10.2. The molecule has 0 atom stereocenters. The number of nitrogens with zero attached hydrogens (tertiary/aromatic N) is 2. The Bertz CT molecular complexity index is 958. The van der Waals surface area contributed by atoms with Gasteiger partial charge < -0.3 is 19.7 Å². The number of sulfonamides is 1. The third kappa shape index (κ3) is 3.91. The molecule has 2 aromatic carbocycles. The summed E-state index contributed by atoms with van der Waals surface area (Å²) < 4.78 is 38.1. The zero-order valence-electron chi connectivity index (χ0n) is 15.2. The van der Waals surface area contributed by atoms with Crippen LogP contribution in [0.4, 0.5) is 5.69 Å². The second-order valence-electron chi connectivity index (χ2n) is 6.49. The van der Waals surface area contributed by atoms with E-state index in [2.05, 4.69) is 5.32 Å². The lowest BCUT2D eigenvalue weighted by molar-refractivity contribution is 0.171. The van der Waals surface area contributed by atoms with E-state index >= 15 is 0 Å². The number of nitrogens with one attached hydrogen (secondary N) is 1. The quantitative estimate of drug-likeness (QED) is 0.765. The van der Waals surface area contributed by atoms with Crippen LogP contribution in [0, 0.1) is 0 Å². The molecule has 0 amide bonds. The Hall–Kier alpha value is -2.36. The first-order chi connectivity index (χ1) is 13.5. The van der Waals surface area contributed by atoms with Crippen molar-refractivity contribution in [3.8, 4) is 11.5 Å². The average Bonchev–Trinajstić information content (AvgIpc) is 2.74. The fourth-order valence-electron chi connectivity index (χ4n) is 3.20. The van der Waals surface area contributed by atoms with E-state index in [0.717, 1.165) is 11.4 Å². The van der Waals surface area contributed by atoms with Gasteiger partial charge in [-0.1, -0.05) is 18.2 Å². The molecule has 0 bridgehead atoms. The Morgan fingerprint density at radius 1 is 0.929 bits per heavy atom. The van der Waals surface area contributed by atoms with Crippen LogP contribution in [-0.2, 0) is 10.0 Å². The van der Waals surface area contributed by atoms with E-state index in [4.69, 9.17) is 21.7 Å². The summed E-state index contributed by atoms with van der Waals surface area (Å²) in [7, 11) is -3.47. The van der Waals surface area contributed by atoms with Crippen molar-refractivity contribution in [3.63, 3.8) is 0 Å². The third-order valence-electron chi connectivity index (χ3n) is 4.70. The molecule has 2 heterocycles. The summed E-state index contributed by atoms with van der Waals surface area (Å²) in [5, 5.41) is 3.76. The van der Waals surface area contributed by atoms with E-state index in [1.54, 1.807) is 30.3 Å². The topological polar surface area (TPSA) is 71.1 Å². The van der Waals surface area contributed by atoms with Crippen LogP contribution >= 0.6 is 12.2 Å². The van der Waals surface area contributed by atoms with Gasteiger partial charge >= 0.3 is 0 Å². The molecular weight excluding hydrogens is 398 g/mol. The minimum Gasteiger partial charge on any atom is -0.486 e. The number of anilines is 1. The van der Waals surface area contributed by atoms with E-state index in [-0.39, 0.29) is 0 Å². The summed E-state index contributed by atoms with van der Waals surface area (Å²) in [6.45, 7) is 2.92. The molecule has 7 nitrogen and oxygen atoms in total. The Morgan fingerprint density at radius 3 is 2.32 bits per heavy atom. The monoisotopic (exact) mass is 419 g/mol. The van der Waals surface area contributed by atoms with Crippen molar-refractivity contribution in [3.05, 3.63) is 48.5 Å².